The molecule has 1 unspecified atom stereocenters. The topological polar surface area (TPSA) is 79.9 Å². The molecule has 0 aromatic carbocycles. The van der Waals surface area contributed by atoms with Gasteiger partial charge in [0, 0.05) is 25.7 Å². The van der Waals surface area contributed by atoms with Gasteiger partial charge >= 0.3 is 0 Å². The first-order valence-electron chi connectivity index (χ1n) is 8.32. The number of pyridine rings is 1. The van der Waals surface area contributed by atoms with Crippen molar-refractivity contribution in [3.63, 3.8) is 0 Å². The molecule has 1 fully saturated rings. The van der Waals surface area contributed by atoms with Gasteiger partial charge in [-0.15, -0.1) is 0 Å². The number of morpholine rings is 1. The summed E-state index contributed by atoms with van der Waals surface area (Å²) in [6, 6.07) is 1.33. The van der Waals surface area contributed by atoms with E-state index in [-0.39, 0.29) is 23.6 Å². The molecular weight excluding hydrogens is 347 g/mol. The van der Waals surface area contributed by atoms with Gasteiger partial charge in [0.15, 0.2) is 5.78 Å². The third-order valence-corrected chi connectivity index (χ3v) is 4.47. The van der Waals surface area contributed by atoms with Crippen molar-refractivity contribution in [2.24, 2.45) is 0 Å². The molecule has 25 heavy (non-hydrogen) atoms. The second kappa shape index (κ2) is 8.03. The van der Waals surface area contributed by atoms with Crippen molar-refractivity contribution in [1.82, 2.24) is 20.5 Å². The van der Waals surface area contributed by atoms with Crippen LogP contribution >= 0.6 is 11.6 Å². The largest absolute Gasteiger partial charge is 0.369 e. The molecule has 0 bridgehead atoms. The summed E-state index contributed by atoms with van der Waals surface area (Å²) in [5, 5.41) is 10.3. The van der Waals surface area contributed by atoms with E-state index in [2.05, 4.69) is 20.5 Å². The average molecular weight is 367 g/mol. The van der Waals surface area contributed by atoms with Crippen LogP contribution in [0, 0.1) is 5.82 Å². The van der Waals surface area contributed by atoms with Gasteiger partial charge in [0.1, 0.15) is 23.3 Å². The molecule has 6 nitrogen and oxygen atoms in total. The zero-order valence-corrected chi connectivity index (χ0v) is 14.7. The monoisotopic (exact) mass is 366 g/mol. The number of ketones is 1. The van der Waals surface area contributed by atoms with Crippen molar-refractivity contribution in [3.05, 3.63) is 45.7 Å². The number of nitrogens with zero attached hydrogens (tertiary/aromatic N) is 2. The maximum absolute atomic E-state index is 14.3. The van der Waals surface area contributed by atoms with E-state index < -0.39 is 11.9 Å². The van der Waals surface area contributed by atoms with E-state index in [1.54, 1.807) is 0 Å². The van der Waals surface area contributed by atoms with Crippen LogP contribution in [0.5, 0.6) is 0 Å². The van der Waals surface area contributed by atoms with E-state index >= 15 is 0 Å². The van der Waals surface area contributed by atoms with Crippen LogP contribution in [-0.4, -0.2) is 40.7 Å². The zero-order chi connectivity index (χ0) is 17.8. The number of halogens is 2. The third-order valence-electron chi connectivity index (χ3n) is 4.06. The summed E-state index contributed by atoms with van der Waals surface area (Å²) in [6.07, 6.45) is 2.70. The number of hydrogen-bond acceptors (Lipinski definition) is 5. The van der Waals surface area contributed by atoms with Gasteiger partial charge < -0.3 is 10.1 Å². The number of Topliss-reactive ketones (excluding diaryl/α,β-unsaturated/α-hetero) is 1. The maximum atomic E-state index is 14.3. The van der Waals surface area contributed by atoms with Gasteiger partial charge in [0.05, 0.1) is 17.3 Å². The highest BCUT2D eigenvalue weighted by molar-refractivity contribution is 6.34. The fraction of sp³-hybridized carbons (Fsp3) is 0.471. The minimum atomic E-state index is -0.473. The summed E-state index contributed by atoms with van der Waals surface area (Å²) < 4.78 is 19.9. The fourth-order valence-corrected chi connectivity index (χ4v) is 3.08. The van der Waals surface area contributed by atoms with Crippen LogP contribution < -0.4 is 5.32 Å². The Balaban J connectivity index is 1.72. The van der Waals surface area contributed by atoms with E-state index in [4.69, 9.17) is 16.3 Å². The smallest absolute Gasteiger partial charge is 0.189 e. The lowest BCUT2D eigenvalue weighted by molar-refractivity contribution is 0.0226. The second-order valence-electron chi connectivity index (χ2n) is 5.99. The van der Waals surface area contributed by atoms with Crippen LogP contribution in [0.3, 0.4) is 0 Å². The van der Waals surface area contributed by atoms with E-state index in [0.717, 1.165) is 25.1 Å². The van der Waals surface area contributed by atoms with Gasteiger partial charge in [-0.05, 0) is 18.1 Å². The Morgan fingerprint density at radius 3 is 3.04 bits per heavy atom. The quantitative estimate of drug-likeness (QED) is 0.768. The Morgan fingerprint density at radius 1 is 1.52 bits per heavy atom. The Kier molecular flexibility index (Phi) is 5.78. The van der Waals surface area contributed by atoms with Gasteiger partial charge in [-0.1, -0.05) is 24.9 Å². The number of carbonyl (C=O) groups is 1. The van der Waals surface area contributed by atoms with Crippen molar-refractivity contribution in [1.29, 1.82) is 0 Å². The van der Waals surface area contributed by atoms with Crippen LogP contribution in [0.1, 0.15) is 46.9 Å². The Bertz CT molecular complexity index is 759. The molecule has 8 heteroatoms. The van der Waals surface area contributed by atoms with Crippen molar-refractivity contribution < 1.29 is 13.9 Å². The minimum absolute atomic E-state index is 0.00981. The third kappa shape index (κ3) is 4.05. The molecule has 0 spiro atoms. The van der Waals surface area contributed by atoms with Gasteiger partial charge in [0.2, 0.25) is 0 Å². The summed E-state index contributed by atoms with van der Waals surface area (Å²) in [7, 11) is 0. The van der Waals surface area contributed by atoms with Crippen LogP contribution in [0.2, 0.25) is 5.02 Å². The highest BCUT2D eigenvalue weighted by atomic mass is 35.5. The number of nitrogens with one attached hydrogen (secondary N) is 2. The molecule has 0 radical (unpaired) electrons. The molecule has 0 saturated carbocycles. The van der Waals surface area contributed by atoms with Gasteiger partial charge in [-0.2, -0.15) is 5.10 Å². The number of H-pyrrole nitrogens is 1. The molecular formula is C17H20ClFN4O2. The van der Waals surface area contributed by atoms with Crippen LogP contribution in [0.25, 0.3) is 0 Å². The van der Waals surface area contributed by atoms with E-state index in [9.17, 15) is 9.18 Å². The summed E-state index contributed by atoms with van der Waals surface area (Å²) >= 11 is 6.19. The van der Waals surface area contributed by atoms with E-state index in [1.165, 1.54) is 12.3 Å². The molecule has 1 atom stereocenters. The standard InChI is InChI=1S/C17H20ClFN4O2/c1-2-3-12-15(18)17(23-22-12)13(24)7-10-6-11(19)16(21-8-10)14-9-20-4-5-25-14/h6,8,14,20H,2-5,7,9H2,1H3,(H,22,23). The van der Waals surface area contributed by atoms with Crippen molar-refractivity contribution in [3.8, 4) is 0 Å². The van der Waals surface area contributed by atoms with Crippen molar-refractivity contribution in [2.45, 2.75) is 32.3 Å². The van der Waals surface area contributed by atoms with Crippen molar-refractivity contribution >= 4 is 17.4 Å². The first kappa shape index (κ1) is 18.0. The highest BCUT2D eigenvalue weighted by Crippen LogP contribution is 2.23. The Morgan fingerprint density at radius 2 is 2.36 bits per heavy atom. The van der Waals surface area contributed by atoms with Gasteiger partial charge in [-0.25, -0.2) is 4.39 Å². The van der Waals surface area contributed by atoms with E-state index in [1.807, 2.05) is 6.92 Å². The molecule has 2 aromatic heterocycles. The van der Waals surface area contributed by atoms with E-state index in [0.29, 0.717) is 23.7 Å². The molecule has 3 heterocycles. The summed E-state index contributed by atoms with van der Waals surface area (Å²) in [6.45, 7) is 3.80. The normalized spacial score (nSPS) is 17.6. The molecule has 1 aliphatic heterocycles. The lowest BCUT2D eigenvalue weighted by Crippen LogP contribution is -2.34. The summed E-state index contributed by atoms with van der Waals surface area (Å²) in [5.74, 6) is -0.744. The first-order valence-corrected chi connectivity index (χ1v) is 8.70. The Labute approximate surface area is 150 Å². The lowest BCUT2D eigenvalue weighted by atomic mass is 10.1. The number of rotatable bonds is 6. The average Bonchev–Trinajstić information content (AvgIpc) is 2.97. The molecule has 0 amide bonds. The molecule has 2 aromatic rings. The first-order chi connectivity index (χ1) is 12.1. The van der Waals surface area contributed by atoms with Crippen molar-refractivity contribution in [2.75, 3.05) is 19.7 Å². The predicted molar refractivity (Wildman–Crippen MR) is 91.4 cm³/mol. The lowest BCUT2D eigenvalue weighted by Gasteiger charge is -2.23. The molecule has 2 N–H and O–H groups in total. The second-order valence-corrected chi connectivity index (χ2v) is 6.37. The van der Waals surface area contributed by atoms with Crippen LogP contribution in [-0.2, 0) is 17.6 Å². The zero-order valence-electron chi connectivity index (χ0n) is 13.9. The molecule has 1 saturated heterocycles. The van der Waals surface area contributed by atoms with Gasteiger partial charge in [-0.3, -0.25) is 14.9 Å². The SMILES string of the molecule is CCCc1[nH]nc(C(=O)Cc2cnc(C3CNCCO3)c(F)c2)c1Cl. The number of ether oxygens (including phenoxy) is 1. The van der Waals surface area contributed by atoms with Crippen LogP contribution in [0.15, 0.2) is 12.3 Å². The predicted octanol–water partition coefficient (Wildman–Crippen LogP) is 2.64. The number of aryl methyl sites for hydroxylation is 1. The fourth-order valence-electron chi connectivity index (χ4n) is 2.80. The molecule has 134 valence electrons. The Hall–Kier alpha value is -1.83. The number of aromatic nitrogens is 3. The minimum Gasteiger partial charge on any atom is -0.369 e. The highest BCUT2D eigenvalue weighted by Gasteiger charge is 2.22. The summed E-state index contributed by atoms with van der Waals surface area (Å²) in [4.78, 5) is 16.6. The maximum Gasteiger partial charge on any atom is 0.189 e. The number of hydrogen-bond donors (Lipinski definition) is 2. The number of aromatic amines is 1. The molecule has 0 aliphatic carbocycles. The van der Waals surface area contributed by atoms with Crippen LogP contribution in [0.4, 0.5) is 4.39 Å². The molecule has 1 aliphatic rings. The summed E-state index contributed by atoms with van der Waals surface area (Å²) in [5.41, 5.74) is 1.67. The van der Waals surface area contributed by atoms with Gasteiger partial charge in [0.25, 0.3) is 0 Å². The molecule has 3 rings (SSSR count). The number of carbonyl (C=O) groups excluding carboxylic acids is 1.